The molecule has 4 aliphatic rings. The van der Waals surface area contributed by atoms with Crippen molar-refractivity contribution in [2.45, 2.75) is 58.8 Å². The maximum absolute atomic E-state index is 13.2. The van der Waals surface area contributed by atoms with Gasteiger partial charge in [0.15, 0.2) is 0 Å². The van der Waals surface area contributed by atoms with Crippen molar-refractivity contribution >= 4 is 11.6 Å². The van der Waals surface area contributed by atoms with E-state index in [-0.39, 0.29) is 16.7 Å². The summed E-state index contributed by atoms with van der Waals surface area (Å²) in [5.74, 6) is 1.64. The Morgan fingerprint density at radius 3 is 2.79 bits per heavy atom. The Morgan fingerprint density at radius 1 is 1.25 bits per heavy atom. The molecule has 126 valence electrons. The third kappa shape index (κ3) is 1.95. The van der Waals surface area contributed by atoms with Crippen LogP contribution in [-0.4, -0.2) is 11.6 Å². The lowest BCUT2D eigenvalue weighted by Gasteiger charge is -2.55. The van der Waals surface area contributed by atoms with Crippen LogP contribution < -0.4 is 0 Å². The Kier molecular flexibility index (Phi) is 3.39. The van der Waals surface area contributed by atoms with Crippen LogP contribution in [0.5, 0.6) is 0 Å². The third-order valence-electron chi connectivity index (χ3n) is 7.72. The Balaban J connectivity index is 1.76. The molecule has 3 saturated carbocycles. The molecular formula is C21H25NO2. The van der Waals surface area contributed by atoms with Gasteiger partial charge in [-0.15, -0.1) is 0 Å². The SMILES string of the molecule is C[C@]12CCC(=O)CC1=CC[C@@H]1[C@@H]2C(=O)C[C@]2(C)/C(=C\C#N)CC[C@@H]12. The van der Waals surface area contributed by atoms with Crippen LogP contribution in [0.25, 0.3) is 0 Å². The fourth-order valence-electron chi connectivity index (χ4n) is 6.47. The van der Waals surface area contributed by atoms with E-state index in [9.17, 15) is 9.59 Å². The summed E-state index contributed by atoms with van der Waals surface area (Å²) in [5.41, 5.74) is 2.17. The van der Waals surface area contributed by atoms with Crippen LogP contribution in [0.1, 0.15) is 58.8 Å². The smallest absolute Gasteiger partial charge is 0.138 e. The van der Waals surface area contributed by atoms with E-state index < -0.39 is 0 Å². The number of carbonyl (C=O) groups excluding carboxylic acids is 2. The number of Topliss-reactive ketones (excluding diaryl/α,β-unsaturated/α-hetero) is 2. The number of fused-ring (bicyclic) bond motifs is 5. The summed E-state index contributed by atoms with van der Waals surface area (Å²) < 4.78 is 0. The van der Waals surface area contributed by atoms with Crippen molar-refractivity contribution in [2.24, 2.45) is 28.6 Å². The van der Waals surface area contributed by atoms with Crippen LogP contribution in [0.2, 0.25) is 0 Å². The molecule has 0 aliphatic heterocycles. The summed E-state index contributed by atoms with van der Waals surface area (Å²) in [6.45, 7) is 4.43. The van der Waals surface area contributed by atoms with Crippen molar-refractivity contribution < 1.29 is 9.59 Å². The molecule has 4 rings (SSSR count). The van der Waals surface area contributed by atoms with Gasteiger partial charge in [-0.2, -0.15) is 5.26 Å². The summed E-state index contributed by atoms with van der Waals surface area (Å²) in [5, 5.41) is 9.10. The summed E-state index contributed by atoms with van der Waals surface area (Å²) in [4.78, 5) is 25.1. The second-order valence-electron chi connectivity index (χ2n) is 8.74. The van der Waals surface area contributed by atoms with Gasteiger partial charge in [0.05, 0.1) is 6.07 Å². The second-order valence-corrected chi connectivity index (χ2v) is 8.74. The van der Waals surface area contributed by atoms with Crippen LogP contribution >= 0.6 is 0 Å². The monoisotopic (exact) mass is 323 g/mol. The molecule has 0 N–H and O–H groups in total. The molecule has 0 bridgehead atoms. The van der Waals surface area contributed by atoms with Gasteiger partial charge < -0.3 is 0 Å². The van der Waals surface area contributed by atoms with Crippen LogP contribution in [0.15, 0.2) is 23.3 Å². The topological polar surface area (TPSA) is 57.9 Å². The van der Waals surface area contributed by atoms with Gasteiger partial charge in [0, 0.05) is 31.3 Å². The van der Waals surface area contributed by atoms with E-state index in [2.05, 4.69) is 26.0 Å². The molecule has 5 atom stereocenters. The van der Waals surface area contributed by atoms with Crippen molar-refractivity contribution in [3.8, 4) is 6.07 Å². The van der Waals surface area contributed by atoms with Crippen LogP contribution in [0.3, 0.4) is 0 Å². The molecule has 24 heavy (non-hydrogen) atoms. The van der Waals surface area contributed by atoms with E-state index >= 15 is 0 Å². The van der Waals surface area contributed by atoms with Gasteiger partial charge in [-0.3, -0.25) is 9.59 Å². The van der Waals surface area contributed by atoms with Crippen LogP contribution in [0.4, 0.5) is 0 Å². The highest BCUT2D eigenvalue weighted by molar-refractivity contribution is 5.88. The summed E-state index contributed by atoms with van der Waals surface area (Å²) in [6, 6.07) is 2.19. The zero-order valence-electron chi connectivity index (χ0n) is 14.6. The van der Waals surface area contributed by atoms with E-state index in [0.717, 1.165) is 25.7 Å². The zero-order valence-corrected chi connectivity index (χ0v) is 14.6. The number of rotatable bonds is 0. The average molecular weight is 323 g/mol. The van der Waals surface area contributed by atoms with Crippen molar-refractivity contribution in [1.29, 1.82) is 5.26 Å². The van der Waals surface area contributed by atoms with Gasteiger partial charge in [0.25, 0.3) is 0 Å². The van der Waals surface area contributed by atoms with E-state index in [1.807, 2.05) is 0 Å². The third-order valence-corrected chi connectivity index (χ3v) is 7.72. The summed E-state index contributed by atoms with van der Waals surface area (Å²) in [6.07, 6.45) is 9.52. The average Bonchev–Trinajstić information content (AvgIpc) is 2.84. The molecule has 0 spiro atoms. The number of ketones is 2. The van der Waals surface area contributed by atoms with Crippen molar-refractivity contribution in [2.75, 3.05) is 0 Å². The van der Waals surface area contributed by atoms with Gasteiger partial charge in [-0.05, 0) is 48.3 Å². The van der Waals surface area contributed by atoms with Crippen molar-refractivity contribution in [3.63, 3.8) is 0 Å². The highest BCUT2D eigenvalue weighted by Gasteiger charge is 2.60. The minimum Gasteiger partial charge on any atom is -0.299 e. The first-order chi connectivity index (χ1) is 11.4. The highest BCUT2D eigenvalue weighted by atomic mass is 16.1. The van der Waals surface area contributed by atoms with Crippen LogP contribution in [-0.2, 0) is 9.59 Å². The lowest BCUT2D eigenvalue weighted by atomic mass is 9.47. The lowest BCUT2D eigenvalue weighted by Crippen LogP contribution is -2.53. The number of carbonyl (C=O) groups is 2. The van der Waals surface area contributed by atoms with Gasteiger partial charge >= 0.3 is 0 Å². The maximum atomic E-state index is 13.2. The Morgan fingerprint density at radius 2 is 2.04 bits per heavy atom. The number of hydrogen-bond donors (Lipinski definition) is 0. The first-order valence-electron chi connectivity index (χ1n) is 9.23. The number of nitriles is 1. The van der Waals surface area contributed by atoms with Gasteiger partial charge in [-0.1, -0.05) is 31.1 Å². The molecule has 0 heterocycles. The molecular weight excluding hydrogens is 298 g/mol. The van der Waals surface area contributed by atoms with E-state index in [4.69, 9.17) is 5.26 Å². The predicted molar refractivity (Wildman–Crippen MR) is 90.8 cm³/mol. The van der Waals surface area contributed by atoms with Gasteiger partial charge in [0.2, 0.25) is 0 Å². The second kappa shape index (κ2) is 5.15. The van der Waals surface area contributed by atoms with Crippen molar-refractivity contribution in [3.05, 3.63) is 23.3 Å². The largest absolute Gasteiger partial charge is 0.299 e. The lowest BCUT2D eigenvalue weighted by molar-refractivity contribution is -0.142. The highest BCUT2D eigenvalue weighted by Crippen LogP contribution is 2.64. The molecule has 0 aromatic carbocycles. The molecule has 0 saturated heterocycles. The molecule has 0 aromatic rings. The molecule has 0 amide bonds. The summed E-state index contributed by atoms with van der Waals surface area (Å²) in [7, 11) is 0. The van der Waals surface area contributed by atoms with Gasteiger partial charge in [-0.25, -0.2) is 0 Å². The Labute approximate surface area is 143 Å². The molecule has 0 radical (unpaired) electrons. The normalized spacial score (nSPS) is 46.0. The maximum Gasteiger partial charge on any atom is 0.138 e. The molecule has 3 fully saturated rings. The van der Waals surface area contributed by atoms with Crippen molar-refractivity contribution in [1.82, 2.24) is 0 Å². The molecule has 0 aromatic heterocycles. The Bertz CT molecular complexity index is 725. The number of allylic oxidation sites excluding steroid dienone is 4. The summed E-state index contributed by atoms with van der Waals surface area (Å²) >= 11 is 0. The minimum absolute atomic E-state index is 0.0742. The molecule has 3 heteroatoms. The standard InChI is InChI=1S/C21H25NO2/c1-20-9-7-15(23)11-14(20)3-5-16-17-6-4-13(8-10-22)21(17,2)12-18(24)19(16)20/h3,8,16-17,19H,4-7,9,11-12H2,1-2H3/b13-8-/t16-,17-,19+,20-,21+/m0/s1. The van der Waals surface area contributed by atoms with E-state index in [0.29, 0.717) is 42.7 Å². The predicted octanol–water partition coefficient (Wildman–Crippen LogP) is 4.15. The minimum atomic E-state index is -0.125. The molecule has 3 nitrogen and oxygen atoms in total. The van der Waals surface area contributed by atoms with Crippen LogP contribution in [0, 0.1) is 39.9 Å². The number of hydrogen-bond acceptors (Lipinski definition) is 3. The molecule has 4 aliphatic carbocycles. The first-order valence-corrected chi connectivity index (χ1v) is 9.23. The first kappa shape index (κ1) is 15.8. The molecule has 0 unspecified atom stereocenters. The quantitative estimate of drug-likeness (QED) is 0.497. The Hall–Kier alpha value is -1.69. The van der Waals surface area contributed by atoms with Gasteiger partial charge in [0.1, 0.15) is 11.6 Å². The fraction of sp³-hybridized carbons (Fsp3) is 0.667. The fourth-order valence-corrected chi connectivity index (χ4v) is 6.47. The van der Waals surface area contributed by atoms with E-state index in [1.54, 1.807) is 6.08 Å². The van der Waals surface area contributed by atoms with E-state index in [1.165, 1.54) is 11.1 Å². The zero-order chi connectivity index (χ0) is 17.1. The number of nitrogens with zero attached hydrogens (tertiary/aromatic N) is 1.